The predicted molar refractivity (Wildman–Crippen MR) is 89.3 cm³/mol. The summed E-state index contributed by atoms with van der Waals surface area (Å²) in [5, 5.41) is 9.88. The Morgan fingerprint density at radius 1 is 1.35 bits per heavy atom. The molecule has 0 radical (unpaired) electrons. The highest BCUT2D eigenvalue weighted by molar-refractivity contribution is 5.83. The molecule has 2 saturated heterocycles. The van der Waals surface area contributed by atoms with Gasteiger partial charge in [-0.25, -0.2) is 0 Å². The summed E-state index contributed by atoms with van der Waals surface area (Å²) in [5.41, 5.74) is 0.905. The van der Waals surface area contributed by atoms with Crippen molar-refractivity contribution in [2.75, 3.05) is 13.7 Å². The average molecular weight is 317 g/mol. The number of piperidine rings is 1. The molecule has 4 nitrogen and oxygen atoms in total. The van der Waals surface area contributed by atoms with Crippen LogP contribution in [0.25, 0.3) is 0 Å². The molecule has 0 saturated carbocycles. The van der Waals surface area contributed by atoms with Gasteiger partial charge in [0.1, 0.15) is 11.5 Å². The first-order valence-corrected chi connectivity index (χ1v) is 8.55. The van der Waals surface area contributed by atoms with Crippen LogP contribution in [0.2, 0.25) is 0 Å². The molecule has 0 aliphatic carbocycles. The van der Waals surface area contributed by atoms with Gasteiger partial charge in [-0.1, -0.05) is 29.8 Å². The highest BCUT2D eigenvalue weighted by Crippen LogP contribution is 2.36. The average Bonchev–Trinajstić information content (AvgIpc) is 2.75. The molecule has 23 heavy (non-hydrogen) atoms. The Labute approximate surface area is 138 Å². The molecule has 126 valence electrons. The molecule has 0 amide bonds. The normalized spacial score (nSPS) is 30.0. The number of carbonyl (C=O) groups is 1. The number of aliphatic hydroxyl groups is 1. The zero-order chi connectivity index (χ0) is 16.6. The van der Waals surface area contributed by atoms with Gasteiger partial charge in [-0.3, -0.25) is 4.79 Å². The topological polar surface area (TPSA) is 49.8 Å². The van der Waals surface area contributed by atoms with E-state index >= 15 is 0 Å². The third-order valence-corrected chi connectivity index (χ3v) is 5.75. The third kappa shape index (κ3) is 3.02. The number of hydrogen-bond donors (Lipinski definition) is 1. The molecule has 2 bridgehead atoms. The lowest BCUT2D eigenvalue weighted by Crippen LogP contribution is -2.46. The van der Waals surface area contributed by atoms with Crippen LogP contribution in [0.5, 0.6) is 0 Å². The van der Waals surface area contributed by atoms with E-state index in [1.807, 2.05) is 31.2 Å². The van der Waals surface area contributed by atoms with Crippen molar-refractivity contribution in [3.63, 3.8) is 0 Å². The first-order chi connectivity index (χ1) is 10.9. The monoisotopic (exact) mass is 317 g/mol. The molecule has 1 aromatic rings. The van der Waals surface area contributed by atoms with E-state index in [0.29, 0.717) is 12.1 Å². The van der Waals surface area contributed by atoms with Gasteiger partial charge in [-0.15, -0.1) is 0 Å². The lowest BCUT2D eigenvalue weighted by molar-refractivity contribution is -0.160. The van der Waals surface area contributed by atoms with Crippen molar-refractivity contribution >= 4 is 5.97 Å². The van der Waals surface area contributed by atoms with Crippen LogP contribution in [0.1, 0.15) is 43.7 Å². The summed E-state index contributed by atoms with van der Waals surface area (Å²) in [6.45, 7) is 3.52. The fraction of sp³-hybridized carbons (Fsp3) is 0.632. The molecule has 1 N–H and O–H groups in total. The number of esters is 1. The molecular weight excluding hydrogens is 290 g/mol. The van der Waals surface area contributed by atoms with Gasteiger partial charge >= 0.3 is 5.97 Å². The Kier molecular flexibility index (Phi) is 4.47. The third-order valence-electron chi connectivity index (χ3n) is 5.75. The molecule has 1 aromatic carbocycles. The van der Waals surface area contributed by atoms with Crippen LogP contribution in [0, 0.1) is 6.92 Å². The van der Waals surface area contributed by atoms with Crippen molar-refractivity contribution in [3.8, 4) is 0 Å². The van der Waals surface area contributed by atoms with E-state index in [1.54, 1.807) is 6.92 Å². The number of rotatable bonds is 4. The molecule has 3 atom stereocenters. The SMILES string of the molecule is Cc1cccc(C(C)(CO)C(=O)OC2CC3CCC(C2)N3C)c1. The van der Waals surface area contributed by atoms with Crippen molar-refractivity contribution < 1.29 is 14.6 Å². The van der Waals surface area contributed by atoms with E-state index < -0.39 is 5.41 Å². The maximum atomic E-state index is 12.8. The van der Waals surface area contributed by atoms with Gasteiger partial charge in [-0.2, -0.15) is 0 Å². The van der Waals surface area contributed by atoms with Gasteiger partial charge in [0.25, 0.3) is 0 Å². The minimum atomic E-state index is -0.992. The van der Waals surface area contributed by atoms with E-state index in [4.69, 9.17) is 4.74 Å². The first kappa shape index (κ1) is 16.5. The molecule has 0 aromatic heterocycles. The van der Waals surface area contributed by atoms with Crippen LogP contribution in [-0.4, -0.2) is 47.8 Å². The number of carbonyl (C=O) groups excluding carboxylic acids is 1. The number of aliphatic hydroxyl groups excluding tert-OH is 1. The molecule has 4 heteroatoms. The molecule has 3 rings (SSSR count). The smallest absolute Gasteiger partial charge is 0.318 e. The van der Waals surface area contributed by atoms with Crippen molar-refractivity contribution in [1.29, 1.82) is 0 Å². The lowest BCUT2D eigenvalue weighted by atomic mass is 9.82. The summed E-state index contributed by atoms with van der Waals surface area (Å²) >= 11 is 0. The van der Waals surface area contributed by atoms with E-state index in [9.17, 15) is 9.90 Å². The summed E-state index contributed by atoms with van der Waals surface area (Å²) in [6, 6.07) is 8.82. The fourth-order valence-electron chi connectivity index (χ4n) is 4.00. The summed E-state index contributed by atoms with van der Waals surface area (Å²) in [4.78, 5) is 15.2. The van der Waals surface area contributed by atoms with Crippen LogP contribution in [-0.2, 0) is 14.9 Å². The second-order valence-electron chi connectivity index (χ2n) is 7.41. The van der Waals surface area contributed by atoms with Crippen LogP contribution >= 0.6 is 0 Å². The van der Waals surface area contributed by atoms with Crippen LogP contribution < -0.4 is 0 Å². The van der Waals surface area contributed by atoms with Crippen molar-refractivity contribution in [2.24, 2.45) is 0 Å². The molecule has 2 aliphatic rings. The predicted octanol–water partition coefficient (Wildman–Crippen LogP) is 2.41. The maximum absolute atomic E-state index is 12.8. The number of benzene rings is 1. The zero-order valence-electron chi connectivity index (χ0n) is 14.3. The lowest BCUT2D eigenvalue weighted by Gasteiger charge is -2.37. The Bertz CT molecular complexity index is 574. The number of fused-ring (bicyclic) bond motifs is 2. The Hall–Kier alpha value is -1.39. The Morgan fingerprint density at radius 3 is 2.57 bits per heavy atom. The standard InChI is InChI=1S/C19H27NO3/c1-13-5-4-6-14(9-13)19(2,12-21)18(22)23-17-10-15-7-8-16(11-17)20(15)3/h4-6,9,15-17,21H,7-8,10-12H2,1-3H3. The quantitative estimate of drug-likeness (QED) is 0.867. The second-order valence-corrected chi connectivity index (χ2v) is 7.41. The highest BCUT2D eigenvalue weighted by Gasteiger charge is 2.43. The van der Waals surface area contributed by atoms with Crippen LogP contribution in [0.3, 0.4) is 0 Å². The summed E-state index contributed by atoms with van der Waals surface area (Å²) < 4.78 is 5.85. The van der Waals surface area contributed by atoms with Crippen LogP contribution in [0.15, 0.2) is 24.3 Å². The van der Waals surface area contributed by atoms with Gasteiger partial charge in [-0.05, 0) is 52.1 Å². The van der Waals surface area contributed by atoms with Crippen molar-refractivity contribution in [1.82, 2.24) is 4.90 Å². The second kappa shape index (κ2) is 6.25. The van der Waals surface area contributed by atoms with Crippen LogP contribution in [0.4, 0.5) is 0 Å². The number of nitrogens with zero attached hydrogens (tertiary/aromatic N) is 1. The molecule has 2 aliphatic heterocycles. The van der Waals surface area contributed by atoms with Crippen molar-refractivity contribution in [3.05, 3.63) is 35.4 Å². The van der Waals surface area contributed by atoms with E-state index in [-0.39, 0.29) is 18.7 Å². The maximum Gasteiger partial charge on any atom is 0.318 e. The zero-order valence-corrected chi connectivity index (χ0v) is 14.3. The van der Waals surface area contributed by atoms with Gasteiger partial charge in [0.15, 0.2) is 0 Å². The van der Waals surface area contributed by atoms with E-state index in [1.165, 1.54) is 12.8 Å². The Morgan fingerprint density at radius 2 is 2.00 bits per heavy atom. The molecular formula is C19H27NO3. The van der Waals surface area contributed by atoms with E-state index in [0.717, 1.165) is 24.0 Å². The first-order valence-electron chi connectivity index (χ1n) is 8.55. The fourth-order valence-corrected chi connectivity index (χ4v) is 4.00. The molecule has 2 heterocycles. The summed E-state index contributed by atoms with van der Waals surface area (Å²) in [7, 11) is 2.17. The number of hydrogen-bond acceptors (Lipinski definition) is 4. The minimum absolute atomic E-state index is 0.0214. The molecule has 3 unspecified atom stereocenters. The molecule has 2 fully saturated rings. The number of ether oxygens (including phenoxy) is 1. The van der Waals surface area contributed by atoms with E-state index in [2.05, 4.69) is 11.9 Å². The Balaban J connectivity index is 1.73. The van der Waals surface area contributed by atoms with Gasteiger partial charge in [0.05, 0.1) is 6.61 Å². The molecule has 0 spiro atoms. The minimum Gasteiger partial charge on any atom is -0.462 e. The van der Waals surface area contributed by atoms with Gasteiger partial charge in [0, 0.05) is 12.1 Å². The summed E-state index contributed by atoms with van der Waals surface area (Å²) in [5.74, 6) is -0.306. The van der Waals surface area contributed by atoms with Gasteiger partial charge < -0.3 is 14.7 Å². The highest BCUT2D eigenvalue weighted by atomic mass is 16.5. The van der Waals surface area contributed by atoms with Crippen molar-refractivity contribution in [2.45, 2.75) is 63.1 Å². The van der Waals surface area contributed by atoms with Gasteiger partial charge in [0.2, 0.25) is 0 Å². The largest absolute Gasteiger partial charge is 0.462 e. The number of aryl methyl sites for hydroxylation is 1. The summed E-state index contributed by atoms with van der Waals surface area (Å²) in [6.07, 6.45) is 4.20.